The number of piperazine rings is 1. The number of hydrogen-bond donors (Lipinski definition) is 1. The fraction of sp³-hybridized carbons (Fsp3) is 0.296. The van der Waals surface area contributed by atoms with Crippen molar-refractivity contribution in [3.63, 3.8) is 0 Å². The molecule has 3 heterocycles. The van der Waals surface area contributed by atoms with Crippen LogP contribution in [0.15, 0.2) is 71.3 Å². The first-order valence-corrected chi connectivity index (χ1v) is 12.0. The van der Waals surface area contributed by atoms with Crippen LogP contribution in [0.3, 0.4) is 0 Å². The molecule has 1 N–H and O–H groups in total. The van der Waals surface area contributed by atoms with Gasteiger partial charge in [0, 0.05) is 37.9 Å². The second-order valence-corrected chi connectivity index (χ2v) is 8.64. The summed E-state index contributed by atoms with van der Waals surface area (Å²) >= 11 is 0. The Morgan fingerprint density at radius 2 is 1.71 bits per heavy atom. The van der Waals surface area contributed by atoms with E-state index >= 15 is 0 Å². The van der Waals surface area contributed by atoms with Crippen LogP contribution >= 0.6 is 0 Å². The van der Waals surface area contributed by atoms with Gasteiger partial charge in [-0.2, -0.15) is 4.98 Å². The zero-order valence-electron chi connectivity index (χ0n) is 20.0. The first-order valence-electron chi connectivity index (χ1n) is 12.0. The van der Waals surface area contributed by atoms with Crippen LogP contribution in [0.5, 0.6) is 0 Å². The van der Waals surface area contributed by atoms with Gasteiger partial charge in [0.25, 0.3) is 6.01 Å². The molecule has 4 aromatic rings. The zero-order valence-corrected chi connectivity index (χ0v) is 20.0. The first-order chi connectivity index (χ1) is 17.1. The molecule has 1 aliphatic rings. The highest BCUT2D eigenvalue weighted by Crippen LogP contribution is 2.35. The van der Waals surface area contributed by atoms with Crippen LogP contribution in [-0.4, -0.2) is 52.6 Å². The van der Waals surface area contributed by atoms with E-state index in [1.165, 1.54) is 12.1 Å². The molecule has 0 radical (unpaired) electrons. The van der Waals surface area contributed by atoms with Gasteiger partial charge in [0.05, 0.1) is 6.04 Å². The van der Waals surface area contributed by atoms with E-state index in [0.717, 1.165) is 43.9 Å². The van der Waals surface area contributed by atoms with Crippen molar-refractivity contribution in [3.05, 3.63) is 78.2 Å². The number of benzene rings is 2. The average molecular weight is 473 g/mol. The van der Waals surface area contributed by atoms with E-state index in [4.69, 9.17) is 14.4 Å². The predicted octanol–water partition coefficient (Wildman–Crippen LogP) is 5.25. The summed E-state index contributed by atoms with van der Waals surface area (Å²) in [5.41, 5.74) is 3.17. The summed E-state index contributed by atoms with van der Waals surface area (Å²) in [6.45, 7) is 8.86. The molecule has 2 aromatic heterocycles. The van der Waals surface area contributed by atoms with Crippen LogP contribution < -0.4 is 10.2 Å². The van der Waals surface area contributed by atoms with Crippen molar-refractivity contribution in [2.24, 2.45) is 0 Å². The van der Waals surface area contributed by atoms with E-state index < -0.39 is 0 Å². The number of nitrogens with one attached hydrogen (secondary N) is 1. The predicted molar refractivity (Wildman–Crippen MR) is 136 cm³/mol. The maximum atomic E-state index is 13.6. The number of rotatable bonds is 7. The molecule has 1 aliphatic heterocycles. The average Bonchev–Trinajstić information content (AvgIpc) is 3.35. The first kappa shape index (κ1) is 23.0. The van der Waals surface area contributed by atoms with Crippen molar-refractivity contribution in [2.75, 3.05) is 42.9 Å². The van der Waals surface area contributed by atoms with Gasteiger partial charge in [-0.15, -0.1) is 0 Å². The van der Waals surface area contributed by atoms with Crippen molar-refractivity contribution in [1.82, 2.24) is 19.9 Å². The zero-order chi connectivity index (χ0) is 24.2. The fourth-order valence-corrected chi connectivity index (χ4v) is 4.25. The van der Waals surface area contributed by atoms with Crippen molar-refractivity contribution >= 4 is 12.0 Å². The molecule has 0 bridgehead atoms. The number of hydrogen-bond acceptors (Lipinski definition) is 7. The van der Waals surface area contributed by atoms with E-state index in [0.29, 0.717) is 29.1 Å². The minimum atomic E-state index is -0.293. The van der Waals surface area contributed by atoms with Gasteiger partial charge in [0.2, 0.25) is 5.95 Å². The van der Waals surface area contributed by atoms with E-state index in [-0.39, 0.29) is 11.9 Å². The van der Waals surface area contributed by atoms with Crippen LogP contribution in [0, 0.1) is 5.82 Å². The third-order valence-corrected chi connectivity index (χ3v) is 6.36. The molecule has 180 valence electrons. The molecule has 1 fully saturated rings. The normalized spacial score (nSPS) is 15.2. The number of aromatic nitrogens is 3. The Hall–Kier alpha value is -3.78. The summed E-state index contributed by atoms with van der Waals surface area (Å²) in [6.07, 6.45) is 1.71. The Labute approximate surface area is 204 Å². The lowest BCUT2D eigenvalue weighted by Crippen LogP contribution is -2.46. The Morgan fingerprint density at radius 1 is 0.971 bits per heavy atom. The van der Waals surface area contributed by atoms with E-state index in [1.807, 2.05) is 24.3 Å². The standard InChI is InChI=1S/C27H29FN6O/c1-3-33-15-17-34(18-16-33)27-32-24(21-9-11-22(28)12-10-21)25(35-27)23-13-14-29-26(31-23)30-19(2)20-7-5-4-6-8-20/h4-14,19H,3,15-18H2,1-2H3,(H,29,30,31). The van der Waals surface area contributed by atoms with Gasteiger partial charge in [-0.25, -0.2) is 14.4 Å². The van der Waals surface area contributed by atoms with Gasteiger partial charge in [0.15, 0.2) is 5.76 Å². The number of nitrogens with zero attached hydrogens (tertiary/aromatic N) is 5. The number of oxazole rings is 1. The topological polar surface area (TPSA) is 70.3 Å². The van der Waals surface area contributed by atoms with Crippen molar-refractivity contribution in [2.45, 2.75) is 19.9 Å². The minimum absolute atomic E-state index is 0.0307. The molecule has 8 heteroatoms. The van der Waals surface area contributed by atoms with Crippen LogP contribution in [-0.2, 0) is 0 Å². The highest BCUT2D eigenvalue weighted by molar-refractivity contribution is 5.76. The third kappa shape index (κ3) is 5.17. The summed E-state index contributed by atoms with van der Waals surface area (Å²) in [5.74, 6) is 0.749. The molecular formula is C27H29FN6O. The maximum Gasteiger partial charge on any atom is 0.298 e. The van der Waals surface area contributed by atoms with Crippen LogP contribution in [0.25, 0.3) is 22.7 Å². The van der Waals surface area contributed by atoms with Crippen LogP contribution in [0.4, 0.5) is 16.4 Å². The highest BCUT2D eigenvalue weighted by Gasteiger charge is 2.25. The van der Waals surface area contributed by atoms with Crippen LogP contribution in [0.2, 0.25) is 0 Å². The second-order valence-electron chi connectivity index (χ2n) is 8.64. The molecule has 0 saturated carbocycles. The molecule has 1 unspecified atom stereocenters. The van der Waals surface area contributed by atoms with Crippen molar-refractivity contribution in [1.29, 1.82) is 0 Å². The monoisotopic (exact) mass is 472 g/mol. The summed E-state index contributed by atoms with van der Waals surface area (Å²) in [6, 6.07) is 18.8. The Balaban J connectivity index is 1.47. The van der Waals surface area contributed by atoms with E-state index in [2.05, 4.69) is 46.1 Å². The van der Waals surface area contributed by atoms with Gasteiger partial charge < -0.3 is 19.5 Å². The van der Waals surface area contributed by atoms with Gasteiger partial charge in [-0.3, -0.25) is 0 Å². The van der Waals surface area contributed by atoms with Gasteiger partial charge in [0.1, 0.15) is 17.2 Å². The maximum absolute atomic E-state index is 13.6. The number of likely N-dealkylation sites (N-methyl/N-ethyl adjacent to an activating group) is 1. The molecule has 1 atom stereocenters. The Morgan fingerprint density at radius 3 is 2.43 bits per heavy atom. The van der Waals surface area contributed by atoms with Gasteiger partial charge in [-0.05, 0) is 49.4 Å². The smallest absolute Gasteiger partial charge is 0.298 e. The molecule has 0 amide bonds. The lowest BCUT2D eigenvalue weighted by molar-refractivity contribution is 0.266. The quantitative estimate of drug-likeness (QED) is 0.394. The fourth-order valence-electron chi connectivity index (χ4n) is 4.25. The molecule has 35 heavy (non-hydrogen) atoms. The summed E-state index contributed by atoms with van der Waals surface area (Å²) in [4.78, 5) is 18.5. The molecular weight excluding hydrogens is 443 g/mol. The summed E-state index contributed by atoms with van der Waals surface area (Å²) in [7, 11) is 0. The molecule has 1 saturated heterocycles. The molecule has 0 aliphatic carbocycles. The van der Waals surface area contributed by atoms with E-state index in [1.54, 1.807) is 18.3 Å². The SMILES string of the molecule is CCN1CCN(c2nc(-c3ccc(F)cc3)c(-c3ccnc(NC(C)c4ccccc4)n3)o2)CC1. The van der Waals surface area contributed by atoms with E-state index in [9.17, 15) is 4.39 Å². The third-order valence-electron chi connectivity index (χ3n) is 6.36. The summed E-state index contributed by atoms with van der Waals surface area (Å²) < 4.78 is 19.9. The Bertz CT molecular complexity index is 1250. The van der Waals surface area contributed by atoms with Crippen molar-refractivity contribution < 1.29 is 8.81 Å². The lowest BCUT2D eigenvalue weighted by Gasteiger charge is -2.32. The summed E-state index contributed by atoms with van der Waals surface area (Å²) in [5, 5.41) is 3.37. The van der Waals surface area contributed by atoms with Gasteiger partial charge >= 0.3 is 0 Å². The molecule has 5 rings (SSSR count). The van der Waals surface area contributed by atoms with Crippen LogP contribution in [0.1, 0.15) is 25.5 Å². The lowest BCUT2D eigenvalue weighted by atomic mass is 10.1. The second kappa shape index (κ2) is 10.2. The molecule has 2 aromatic carbocycles. The minimum Gasteiger partial charge on any atom is -0.421 e. The molecule has 7 nitrogen and oxygen atoms in total. The highest BCUT2D eigenvalue weighted by atomic mass is 19.1. The largest absolute Gasteiger partial charge is 0.421 e. The van der Waals surface area contributed by atoms with Gasteiger partial charge in [-0.1, -0.05) is 37.3 Å². The van der Waals surface area contributed by atoms with Crippen molar-refractivity contribution in [3.8, 4) is 22.7 Å². The molecule has 0 spiro atoms. The Kier molecular flexibility index (Phi) is 6.72. The number of anilines is 2. The number of halogens is 1.